The van der Waals surface area contributed by atoms with Gasteiger partial charge in [-0.2, -0.15) is 18.2 Å². The number of aliphatic hydroxyl groups excluding tert-OH is 1. The number of carbonyl (C=O) groups is 1. The van der Waals surface area contributed by atoms with E-state index in [9.17, 15) is 23.1 Å². The van der Waals surface area contributed by atoms with Gasteiger partial charge in [0.25, 0.3) is 0 Å². The fourth-order valence-electron chi connectivity index (χ4n) is 2.64. The van der Waals surface area contributed by atoms with E-state index >= 15 is 0 Å². The lowest BCUT2D eigenvalue weighted by molar-refractivity contribution is -0.139. The largest absolute Gasteiger partial charge is 0.416 e. The van der Waals surface area contributed by atoms with Crippen LogP contribution in [0.2, 0.25) is 0 Å². The van der Waals surface area contributed by atoms with Crippen LogP contribution in [-0.2, 0) is 17.4 Å². The van der Waals surface area contributed by atoms with Gasteiger partial charge in [-0.15, -0.1) is 0 Å². The van der Waals surface area contributed by atoms with Crippen molar-refractivity contribution in [1.82, 2.24) is 20.4 Å². The summed E-state index contributed by atoms with van der Waals surface area (Å²) >= 11 is 0. The Kier molecular flexibility index (Phi) is 6.23. The molecule has 0 radical (unpaired) electrons. The molecule has 0 saturated heterocycles. The third-order valence-corrected chi connectivity index (χ3v) is 4.07. The SMILES string of the molecule is O=C(CCc1nc(-c2cccnc2)no1)NCC(O)c1ccccc1C(F)(F)F. The summed E-state index contributed by atoms with van der Waals surface area (Å²) in [5.41, 5.74) is -0.563. The molecule has 0 aliphatic heterocycles. The molecule has 2 aromatic heterocycles. The van der Waals surface area contributed by atoms with Crippen LogP contribution in [0.4, 0.5) is 13.2 Å². The molecule has 152 valence electrons. The van der Waals surface area contributed by atoms with Crippen molar-refractivity contribution in [3.8, 4) is 11.4 Å². The zero-order valence-corrected chi connectivity index (χ0v) is 15.1. The maximum Gasteiger partial charge on any atom is 0.416 e. The van der Waals surface area contributed by atoms with Crippen molar-refractivity contribution in [1.29, 1.82) is 0 Å². The Morgan fingerprint density at radius 1 is 1.21 bits per heavy atom. The van der Waals surface area contributed by atoms with Crippen LogP contribution < -0.4 is 5.32 Å². The van der Waals surface area contributed by atoms with Crippen LogP contribution in [0.15, 0.2) is 53.3 Å². The minimum absolute atomic E-state index is 0.0255. The second-order valence-corrected chi connectivity index (χ2v) is 6.16. The molecule has 3 rings (SSSR count). The smallest absolute Gasteiger partial charge is 0.387 e. The topological polar surface area (TPSA) is 101 Å². The summed E-state index contributed by atoms with van der Waals surface area (Å²) in [4.78, 5) is 20.1. The number of aliphatic hydroxyl groups is 1. The molecule has 1 atom stereocenters. The zero-order chi connectivity index (χ0) is 20.9. The zero-order valence-electron chi connectivity index (χ0n) is 15.1. The lowest BCUT2D eigenvalue weighted by atomic mass is 10.0. The van der Waals surface area contributed by atoms with Crippen molar-refractivity contribution in [2.45, 2.75) is 25.1 Å². The second-order valence-electron chi connectivity index (χ2n) is 6.16. The summed E-state index contributed by atoms with van der Waals surface area (Å²) < 4.78 is 44.1. The second kappa shape index (κ2) is 8.82. The molecule has 0 aliphatic carbocycles. The number of pyridine rings is 1. The number of rotatable bonds is 7. The van der Waals surface area contributed by atoms with Crippen LogP contribution in [0, 0.1) is 0 Å². The number of carbonyl (C=O) groups excluding carboxylic acids is 1. The third kappa shape index (κ3) is 5.38. The highest BCUT2D eigenvalue weighted by molar-refractivity contribution is 5.76. The van der Waals surface area contributed by atoms with E-state index in [1.54, 1.807) is 24.5 Å². The number of alkyl halides is 3. The molecule has 1 amide bonds. The van der Waals surface area contributed by atoms with E-state index in [1.807, 2.05) is 0 Å². The predicted molar refractivity (Wildman–Crippen MR) is 95.3 cm³/mol. The van der Waals surface area contributed by atoms with Gasteiger partial charge in [0, 0.05) is 37.3 Å². The Bertz CT molecular complexity index is 961. The number of hydrogen-bond donors (Lipinski definition) is 2. The summed E-state index contributed by atoms with van der Waals surface area (Å²) in [7, 11) is 0. The molecule has 0 bridgehead atoms. The normalized spacial score (nSPS) is 12.6. The highest BCUT2D eigenvalue weighted by Gasteiger charge is 2.34. The Morgan fingerprint density at radius 3 is 2.72 bits per heavy atom. The summed E-state index contributed by atoms with van der Waals surface area (Å²) in [6.07, 6.45) is -2.78. The van der Waals surface area contributed by atoms with Crippen molar-refractivity contribution < 1.29 is 27.6 Å². The monoisotopic (exact) mass is 406 g/mol. The number of nitrogens with zero attached hydrogens (tertiary/aromatic N) is 3. The molecule has 0 spiro atoms. The van der Waals surface area contributed by atoms with Crippen molar-refractivity contribution in [3.63, 3.8) is 0 Å². The Hall–Kier alpha value is -3.27. The Balaban J connectivity index is 1.52. The number of amides is 1. The molecule has 29 heavy (non-hydrogen) atoms. The van der Waals surface area contributed by atoms with E-state index in [0.29, 0.717) is 11.4 Å². The number of nitrogens with one attached hydrogen (secondary N) is 1. The van der Waals surface area contributed by atoms with Crippen molar-refractivity contribution in [2.75, 3.05) is 6.54 Å². The van der Waals surface area contributed by atoms with Gasteiger partial charge in [-0.1, -0.05) is 23.4 Å². The Morgan fingerprint density at radius 2 is 2.00 bits per heavy atom. The van der Waals surface area contributed by atoms with Crippen molar-refractivity contribution in [3.05, 3.63) is 65.8 Å². The van der Waals surface area contributed by atoms with Gasteiger partial charge in [-0.25, -0.2) is 0 Å². The van der Waals surface area contributed by atoms with Crippen LogP contribution in [-0.4, -0.2) is 32.7 Å². The fourth-order valence-corrected chi connectivity index (χ4v) is 2.64. The van der Waals surface area contributed by atoms with Gasteiger partial charge in [0.1, 0.15) is 0 Å². The molecular weight excluding hydrogens is 389 g/mol. The molecule has 2 heterocycles. The molecule has 0 fully saturated rings. The van der Waals surface area contributed by atoms with Gasteiger partial charge in [0.15, 0.2) is 0 Å². The molecule has 1 aromatic carbocycles. The van der Waals surface area contributed by atoms with Gasteiger partial charge < -0.3 is 14.9 Å². The average molecular weight is 406 g/mol. The van der Waals surface area contributed by atoms with Gasteiger partial charge in [-0.3, -0.25) is 9.78 Å². The lowest BCUT2D eigenvalue weighted by Gasteiger charge is -2.17. The molecule has 10 heteroatoms. The first-order valence-electron chi connectivity index (χ1n) is 8.68. The third-order valence-electron chi connectivity index (χ3n) is 4.07. The number of aromatic nitrogens is 3. The van der Waals surface area contributed by atoms with Crippen LogP contribution in [0.3, 0.4) is 0 Å². The lowest BCUT2D eigenvalue weighted by Crippen LogP contribution is -2.29. The number of benzene rings is 1. The summed E-state index contributed by atoms with van der Waals surface area (Å²) in [5, 5.41) is 16.3. The molecule has 3 aromatic rings. The molecule has 0 aliphatic rings. The highest BCUT2D eigenvalue weighted by atomic mass is 19.4. The standard InChI is InChI=1S/C19H17F3N4O3/c20-19(21,22)14-6-2-1-5-13(14)15(27)11-24-16(28)7-8-17-25-18(26-29-17)12-4-3-9-23-10-12/h1-6,9-10,15,27H,7-8,11H2,(H,24,28). The van der Waals surface area contributed by atoms with Crippen LogP contribution in [0.1, 0.15) is 29.5 Å². The number of aryl methyl sites for hydroxylation is 1. The predicted octanol–water partition coefficient (Wildman–Crippen LogP) is 2.93. The van der Waals surface area contributed by atoms with Gasteiger partial charge in [-0.05, 0) is 23.8 Å². The van der Waals surface area contributed by atoms with Crippen LogP contribution in [0.5, 0.6) is 0 Å². The molecule has 7 nitrogen and oxygen atoms in total. The van der Waals surface area contributed by atoms with E-state index < -0.39 is 23.8 Å². The van der Waals surface area contributed by atoms with E-state index in [-0.39, 0.29) is 30.8 Å². The first-order chi connectivity index (χ1) is 13.8. The first-order valence-corrected chi connectivity index (χ1v) is 8.68. The van der Waals surface area contributed by atoms with Crippen LogP contribution >= 0.6 is 0 Å². The van der Waals surface area contributed by atoms with Gasteiger partial charge in [0.2, 0.25) is 17.6 Å². The van der Waals surface area contributed by atoms with E-state index in [1.165, 1.54) is 18.2 Å². The summed E-state index contributed by atoms with van der Waals surface area (Å²) in [6.45, 7) is -0.351. The Labute approximate surface area is 163 Å². The summed E-state index contributed by atoms with van der Waals surface area (Å²) in [6, 6.07) is 8.18. The van der Waals surface area contributed by atoms with Gasteiger partial charge in [0.05, 0.1) is 11.7 Å². The quantitative estimate of drug-likeness (QED) is 0.626. The average Bonchev–Trinajstić information content (AvgIpc) is 3.19. The minimum Gasteiger partial charge on any atom is -0.387 e. The maximum atomic E-state index is 13.0. The first kappa shape index (κ1) is 20.5. The molecular formula is C19H17F3N4O3. The summed E-state index contributed by atoms with van der Waals surface area (Å²) in [5.74, 6) is 0.115. The van der Waals surface area contributed by atoms with Crippen molar-refractivity contribution >= 4 is 5.91 Å². The molecule has 2 N–H and O–H groups in total. The van der Waals surface area contributed by atoms with E-state index in [2.05, 4.69) is 20.4 Å². The number of hydrogen-bond acceptors (Lipinski definition) is 6. The number of halogens is 3. The van der Waals surface area contributed by atoms with E-state index in [4.69, 9.17) is 4.52 Å². The molecule has 0 saturated carbocycles. The highest BCUT2D eigenvalue weighted by Crippen LogP contribution is 2.34. The van der Waals surface area contributed by atoms with Crippen LogP contribution in [0.25, 0.3) is 11.4 Å². The van der Waals surface area contributed by atoms with Crippen molar-refractivity contribution in [2.24, 2.45) is 0 Å². The maximum absolute atomic E-state index is 13.0. The van der Waals surface area contributed by atoms with E-state index in [0.717, 1.165) is 6.07 Å². The fraction of sp³-hybridized carbons (Fsp3) is 0.263. The molecule has 1 unspecified atom stereocenters. The van der Waals surface area contributed by atoms with Gasteiger partial charge >= 0.3 is 6.18 Å². The minimum atomic E-state index is -4.59.